The second-order valence-electron chi connectivity index (χ2n) is 2.87. The van der Waals surface area contributed by atoms with Crippen LogP contribution in [-0.4, -0.2) is 37.8 Å². The van der Waals surface area contributed by atoms with Crippen LogP contribution in [0.15, 0.2) is 0 Å². The van der Waals surface area contributed by atoms with Crippen LogP contribution < -0.4 is 0 Å². The Balaban J connectivity index is 2.39. The molecule has 0 N–H and O–H groups in total. The third kappa shape index (κ3) is 2.19. The molecule has 0 aromatic heterocycles. The summed E-state index contributed by atoms with van der Waals surface area (Å²) in [4.78, 5) is 16.2. The van der Waals surface area contributed by atoms with Gasteiger partial charge >= 0.3 is 0 Å². The molecule has 1 amide bonds. The van der Waals surface area contributed by atoms with Gasteiger partial charge in [0.15, 0.2) is 0 Å². The molecule has 0 aromatic carbocycles. The van der Waals surface area contributed by atoms with E-state index >= 15 is 0 Å². The molecule has 1 aliphatic heterocycles. The first kappa shape index (κ1) is 9.48. The Morgan fingerprint density at radius 3 is 2.83 bits per heavy atom. The Labute approximate surface area is 72.4 Å². The van der Waals surface area contributed by atoms with Gasteiger partial charge in [0.1, 0.15) is 6.10 Å². The molecule has 12 heavy (non-hydrogen) atoms. The highest BCUT2D eigenvalue weighted by molar-refractivity contribution is 5.79. The maximum atomic E-state index is 11.4. The fourth-order valence-corrected chi connectivity index (χ4v) is 1.23. The van der Waals surface area contributed by atoms with Gasteiger partial charge in [-0.1, -0.05) is 0 Å². The minimum absolute atomic E-state index is 0.0859. The third-order valence-corrected chi connectivity index (χ3v) is 2.04. The van der Waals surface area contributed by atoms with Crippen molar-refractivity contribution in [2.24, 2.45) is 0 Å². The summed E-state index contributed by atoms with van der Waals surface area (Å²) in [5.41, 5.74) is 0. The lowest BCUT2D eigenvalue weighted by Crippen LogP contribution is -2.39. The van der Waals surface area contributed by atoms with Gasteiger partial charge in [0.25, 0.3) is 5.91 Å². The summed E-state index contributed by atoms with van der Waals surface area (Å²) in [5, 5.41) is 1.22. The summed E-state index contributed by atoms with van der Waals surface area (Å²) in [6.45, 7) is 0.688. The molecule has 1 rings (SSSR count). The van der Waals surface area contributed by atoms with E-state index in [2.05, 4.69) is 0 Å². The zero-order valence-electron chi connectivity index (χ0n) is 7.58. The van der Waals surface area contributed by atoms with Crippen LogP contribution in [0.4, 0.5) is 0 Å². The van der Waals surface area contributed by atoms with Gasteiger partial charge in [0, 0.05) is 13.7 Å². The average Bonchev–Trinajstić information content (AvgIpc) is 2.17. The van der Waals surface area contributed by atoms with E-state index in [4.69, 9.17) is 9.57 Å². The van der Waals surface area contributed by atoms with E-state index in [1.54, 1.807) is 7.05 Å². The minimum atomic E-state index is -0.288. The first-order chi connectivity index (χ1) is 5.75. The monoisotopic (exact) mass is 173 g/mol. The van der Waals surface area contributed by atoms with Crippen molar-refractivity contribution in [3.05, 3.63) is 0 Å². The van der Waals surface area contributed by atoms with Crippen molar-refractivity contribution in [3.8, 4) is 0 Å². The van der Waals surface area contributed by atoms with Crippen LogP contribution in [0.1, 0.15) is 19.3 Å². The second-order valence-corrected chi connectivity index (χ2v) is 2.87. The van der Waals surface area contributed by atoms with Crippen molar-refractivity contribution in [3.63, 3.8) is 0 Å². The fraction of sp³-hybridized carbons (Fsp3) is 0.875. The number of amides is 1. The van der Waals surface area contributed by atoms with Crippen LogP contribution in [-0.2, 0) is 14.4 Å². The van der Waals surface area contributed by atoms with Crippen molar-refractivity contribution in [2.45, 2.75) is 25.4 Å². The largest absolute Gasteiger partial charge is 0.368 e. The summed E-state index contributed by atoms with van der Waals surface area (Å²) in [5.74, 6) is -0.0859. The SMILES string of the molecule is CON(C)C(=O)[C@@H]1CCCCO1. The topological polar surface area (TPSA) is 38.8 Å². The van der Waals surface area contributed by atoms with Gasteiger partial charge < -0.3 is 4.74 Å². The van der Waals surface area contributed by atoms with Crippen LogP contribution >= 0.6 is 0 Å². The highest BCUT2D eigenvalue weighted by Gasteiger charge is 2.24. The minimum Gasteiger partial charge on any atom is -0.368 e. The number of hydrogen-bond acceptors (Lipinski definition) is 3. The van der Waals surface area contributed by atoms with Crippen molar-refractivity contribution < 1.29 is 14.4 Å². The van der Waals surface area contributed by atoms with E-state index in [1.807, 2.05) is 0 Å². The molecule has 0 aromatic rings. The molecule has 1 atom stereocenters. The van der Waals surface area contributed by atoms with Gasteiger partial charge in [-0.15, -0.1) is 0 Å². The summed E-state index contributed by atoms with van der Waals surface area (Å²) in [6.07, 6.45) is 2.64. The lowest BCUT2D eigenvalue weighted by atomic mass is 10.1. The van der Waals surface area contributed by atoms with Crippen LogP contribution in [0, 0.1) is 0 Å². The number of carbonyl (C=O) groups is 1. The van der Waals surface area contributed by atoms with Gasteiger partial charge in [-0.3, -0.25) is 9.63 Å². The van der Waals surface area contributed by atoms with Crippen molar-refractivity contribution >= 4 is 5.91 Å². The zero-order chi connectivity index (χ0) is 8.97. The van der Waals surface area contributed by atoms with Crippen LogP contribution in [0.25, 0.3) is 0 Å². The molecular weight excluding hydrogens is 158 g/mol. The normalized spacial score (nSPS) is 23.7. The average molecular weight is 173 g/mol. The molecule has 0 bridgehead atoms. The first-order valence-electron chi connectivity index (χ1n) is 4.19. The van der Waals surface area contributed by atoms with E-state index in [-0.39, 0.29) is 12.0 Å². The quantitative estimate of drug-likeness (QED) is 0.573. The third-order valence-electron chi connectivity index (χ3n) is 2.04. The first-order valence-corrected chi connectivity index (χ1v) is 4.19. The molecule has 0 unspecified atom stereocenters. The molecule has 0 aliphatic carbocycles. The van der Waals surface area contributed by atoms with E-state index in [9.17, 15) is 4.79 Å². The second kappa shape index (κ2) is 4.42. The Hall–Kier alpha value is -0.610. The summed E-state index contributed by atoms with van der Waals surface area (Å²) >= 11 is 0. The molecule has 0 spiro atoms. The Morgan fingerprint density at radius 2 is 2.33 bits per heavy atom. The smallest absolute Gasteiger partial charge is 0.274 e. The number of nitrogens with zero attached hydrogens (tertiary/aromatic N) is 1. The van der Waals surface area contributed by atoms with Crippen LogP contribution in [0.2, 0.25) is 0 Å². The maximum Gasteiger partial charge on any atom is 0.274 e. The fourth-order valence-electron chi connectivity index (χ4n) is 1.23. The summed E-state index contributed by atoms with van der Waals surface area (Å²) in [7, 11) is 3.07. The Bertz CT molecular complexity index is 154. The molecular formula is C8H15NO3. The predicted octanol–water partition coefficient (Wildman–Crippen LogP) is 0.575. The Kier molecular flexibility index (Phi) is 3.49. The highest BCUT2D eigenvalue weighted by atomic mass is 16.7. The molecule has 1 aliphatic rings. The van der Waals surface area contributed by atoms with Crippen molar-refractivity contribution in [1.29, 1.82) is 0 Å². The number of hydroxylamine groups is 2. The number of carbonyl (C=O) groups excluding carboxylic acids is 1. The van der Waals surface area contributed by atoms with Gasteiger partial charge in [0.2, 0.25) is 0 Å². The molecule has 70 valence electrons. The van der Waals surface area contributed by atoms with Gasteiger partial charge in [-0.2, -0.15) is 0 Å². The molecule has 1 fully saturated rings. The number of rotatable bonds is 2. The Morgan fingerprint density at radius 1 is 1.58 bits per heavy atom. The highest BCUT2D eigenvalue weighted by Crippen LogP contribution is 2.14. The molecule has 0 radical (unpaired) electrons. The van der Waals surface area contributed by atoms with Crippen LogP contribution in [0.5, 0.6) is 0 Å². The van der Waals surface area contributed by atoms with E-state index < -0.39 is 0 Å². The van der Waals surface area contributed by atoms with Gasteiger partial charge in [0.05, 0.1) is 7.11 Å². The molecule has 1 saturated heterocycles. The van der Waals surface area contributed by atoms with Crippen molar-refractivity contribution in [1.82, 2.24) is 5.06 Å². The lowest BCUT2D eigenvalue weighted by molar-refractivity contribution is -0.183. The molecule has 4 heteroatoms. The summed E-state index contributed by atoms with van der Waals surface area (Å²) < 4.78 is 5.29. The number of likely N-dealkylation sites (N-methyl/N-ethyl adjacent to an activating group) is 1. The van der Waals surface area contributed by atoms with E-state index in [0.717, 1.165) is 19.3 Å². The van der Waals surface area contributed by atoms with E-state index in [0.29, 0.717) is 6.61 Å². The summed E-state index contributed by atoms with van der Waals surface area (Å²) in [6, 6.07) is 0. The number of hydrogen-bond donors (Lipinski definition) is 0. The van der Waals surface area contributed by atoms with E-state index in [1.165, 1.54) is 12.2 Å². The molecule has 0 saturated carbocycles. The van der Waals surface area contributed by atoms with Gasteiger partial charge in [-0.25, -0.2) is 5.06 Å². The van der Waals surface area contributed by atoms with Gasteiger partial charge in [-0.05, 0) is 19.3 Å². The van der Waals surface area contributed by atoms with Crippen molar-refractivity contribution in [2.75, 3.05) is 20.8 Å². The molecule has 4 nitrogen and oxygen atoms in total. The zero-order valence-corrected chi connectivity index (χ0v) is 7.58. The van der Waals surface area contributed by atoms with Crippen LogP contribution in [0.3, 0.4) is 0 Å². The standard InChI is InChI=1S/C8H15NO3/c1-9(11-2)8(10)7-5-3-4-6-12-7/h7H,3-6H2,1-2H3/t7-/m0/s1. The number of ether oxygens (including phenoxy) is 1. The molecule has 1 heterocycles. The lowest BCUT2D eigenvalue weighted by Gasteiger charge is -2.24. The maximum absolute atomic E-state index is 11.4. The predicted molar refractivity (Wildman–Crippen MR) is 43.4 cm³/mol.